The standard InChI is InChI=1S/C22H26ClN3O5/c1-2-26(25-20(27)14-16-5-3-6-17(23)13-16)21(28)15-24-18-8-10-19(11-9-18)31-12-4-7-22(29)30/h3,5-6,8-11,13,24H,2,4,7,12,14-15H2,1H3,(H,25,27)(H,29,30). The second-order valence-corrected chi connectivity index (χ2v) is 7.14. The van der Waals surface area contributed by atoms with Gasteiger partial charge in [-0.3, -0.25) is 24.8 Å². The van der Waals surface area contributed by atoms with Crippen molar-refractivity contribution in [2.24, 2.45) is 0 Å². The van der Waals surface area contributed by atoms with Crippen LogP contribution < -0.4 is 15.5 Å². The minimum Gasteiger partial charge on any atom is -0.494 e. The van der Waals surface area contributed by atoms with Gasteiger partial charge in [-0.2, -0.15) is 0 Å². The Labute approximate surface area is 186 Å². The van der Waals surface area contributed by atoms with Crippen LogP contribution in [0.25, 0.3) is 0 Å². The number of likely N-dealkylation sites (N-methyl/N-ethyl adjacent to an activating group) is 1. The molecule has 0 radical (unpaired) electrons. The Hall–Kier alpha value is -3.26. The van der Waals surface area contributed by atoms with Gasteiger partial charge in [0.1, 0.15) is 5.75 Å². The van der Waals surface area contributed by atoms with E-state index in [1.165, 1.54) is 5.01 Å². The number of anilines is 1. The van der Waals surface area contributed by atoms with E-state index in [4.69, 9.17) is 21.4 Å². The smallest absolute Gasteiger partial charge is 0.303 e. The molecule has 166 valence electrons. The summed E-state index contributed by atoms with van der Waals surface area (Å²) in [4.78, 5) is 35.2. The number of carbonyl (C=O) groups excluding carboxylic acids is 2. The first-order valence-electron chi connectivity index (χ1n) is 9.90. The highest BCUT2D eigenvalue weighted by Gasteiger charge is 2.15. The number of ether oxygens (including phenoxy) is 1. The summed E-state index contributed by atoms with van der Waals surface area (Å²) in [6.07, 6.45) is 0.608. The van der Waals surface area contributed by atoms with Crippen LogP contribution in [0.15, 0.2) is 48.5 Å². The topological polar surface area (TPSA) is 108 Å². The number of nitrogens with zero attached hydrogens (tertiary/aromatic N) is 1. The molecule has 0 aliphatic rings. The first kappa shape index (κ1) is 24.0. The fraction of sp³-hybridized carbons (Fsp3) is 0.318. The fourth-order valence-corrected chi connectivity index (χ4v) is 2.91. The molecule has 9 heteroatoms. The van der Waals surface area contributed by atoms with E-state index < -0.39 is 5.97 Å². The minimum absolute atomic E-state index is 0.00407. The molecule has 0 unspecified atom stereocenters. The van der Waals surface area contributed by atoms with Crippen LogP contribution in [0.1, 0.15) is 25.3 Å². The second kappa shape index (κ2) is 12.4. The van der Waals surface area contributed by atoms with Crippen LogP contribution in [0, 0.1) is 0 Å². The Morgan fingerprint density at radius 3 is 2.52 bits per heavy atom. The van der Waals surface area contributed by atoms with Gasteiger partial charge in [0.25, 0.3) is 5.91 Å². The van der Waals surface area contributed by atoms with Crippen molar-refractivity contribution in [2.45, 2.75) is 26.2 Å². The van der Waals surface area contributed by atoms with E-state index in [1.54, 1.807) is 55.5 Å². The summed E-state index contributed by atoms with van der Waals surface area (Å²) in [7, 11) is 0. The molecule has 2 amide bonds. The Balaban J connectivity index is 1.77. The summed E-state index contributed by atoms with van der Waals surface area (Å²) in [6, 6.07) is 14.0. The maximum Gasteiger partial charge on any atom is 0.303 e. The van der Waals surface area contributed by atoms with Crippen molar-refractivity contribution in [2.75, 3.05) is 25.0 Å². The summed E-state index contributed by atoms with van der Waals surface area (Å²) in [6.45, 7) is 2.42. The molecular weight excluding hydrogens is 422 g/mol. The number of halogens is 1. The van der Waals surface area contributed by atoms with Gasteiger partial charge < -0.3 is 15.2 Å². The van der Waals surface area contributed by atoms with Crippen LogP contribution in [0.3, 0.4) is 0 Å². The van der Waals surface area contributed by atoms with Crippen molar-refractivity contribution in [3.63, 3.8) is 0 Å². The predicted molar refractivity (Wildman–Crippen MR) is 118 cm³/mol. The largest absolute Gasteiger partial charge is 0.494 e. The van der Waals surface area contributed by atoms with Gasteiger partial charge in [0.2, 0.25) is 5.91 Å². The van der Waals surface area contributed by atoms with Crippen molar-refractivity contribution in [1.29, 1.82) is 0 Å². The van der Waals surface area contributed by atoms with E-state index in [-0.39, 0.29) is 31.2 Å². The first-order chi connectivity index (χ1) is 14.9. The molecule has 0 heterocycles. The maximum absolute atomic E-state index is 12.4. The molecule has 0 aliphatic carbocycles. The number of hydrogen-bond donors (Lipinski definition) is 3. The minimum atomic E-state index is -0.852. The average Bonchev–Trinajstić information content (AvgIpc) is 2.74. The normalized spacial score (nSPS) is 10.3. The summed E-state index contributed by atoms with van der Waals surface area (Å²) in [5.41, 5.74) is 4.09. The van der Waals surface area contributed by atoms with E-state index in [2.05, 4.69) is 10.7 Å². The number of amides is 2. The Bertz CT molecular complexity index is 889. The van der Waals surface area contributed by atoms with Gasteiger partial charge in [-0.05, 0) is 55.3 Å². The van der Waals surface area contributed by atoms with Crippen LogP contribution in [0.5, 0.6) is 5.75 Å². The molecule has 2 aromatic carbocycles. The molecule has 0 spiro atoms. The number of nitrogens with one attached hydrogen (secondary N) is 2. The second-order valence-electron chi connectivity index (χ2n) is 6.70. The molecule has 2 aromatic rings. The van der Waals surface area contributed by atoms with Crippen molar-refractivity contribution >= 4 is 35.1 Å². The quantitative estimate of drug-likeness (QED) is 0.361. The molecule has 3 N–H and O–H groups in total. The first-order valence-corrected chi connectivity index (χ1v) is 10.3. The summed E-state index contributed by atoms with van der Waals surface area (Å²) >= 11 is 5.93. The molecule has 0 fully saturated rings. The predicted octanol–water partition coefficient (Wildman–Crippen LogP) is 3.12. The summed E-state index contributed by atoms with van der Waals surface area (Å²) in [5.74, 6) is -0.821. The molecule has 0 saturated carbocycles. The van der Waals surface area contributed by atoms with Crippen LogP contribution in [0.2, 0.25) is 5.02 Å². The molecule has 0 aliphatic heterocycles. The zero-order chi connectivity index (χ0) is 22.6. The van der Waals surface area contributed by atoms with Crippen LogP contribution in [-0.4, -0.2) is 47.6 Å². The van der Waals surface area contributed by atoms with E-state index in [0.29, 0.717) is 36.0 Å². The Morgan fingerprint density at radius 1 is 1.13 bits per heavy atom. The molecule has 0 saturated heterocycles. The number of aliphatic carboxylic acids is 1. The van der Waals surface area contributed by atoms with Crippen molar-refractivity contribution < 1.29 is 24.2 Å². The van der Waals surface area contributed by atoms with Crippen molar-refractivity contribution in [3.8, 4) is 5.75 Å². The van der Waals surface area contributed by atoms with Gasteiger partial charge in [-0.25, -0.2) is 0 Å². The van der Waals surface area contributed by atoms with Gasteiger partial charge in [-0.1, -0.05) is 23.7 Å². The SMILES string of the molecule is CCN(NC(=O)Cc1cccc(Cl)c1)C(=O)CNc1ccc(OCCCC(=O)O)cc1. The average molecular weight is 448 g/mol. The number of carboxylic acids is 1. The maximum atomic E-state index is 12.4. The van der Waals surface area contributed by atoms with E-state index in [9.17, 15) is 14.4 Å². The number of carboxylic acid groups (broad SMARTS) is 1. The van der Waals surface area contributed by atoms with Gasteiger partial charge in [0.05, 0.1) is 19.6 Å². The fourth-order valence-electron chi connectivity index (χ4n) is 2.70. The molecule has 31 heavy (non-hydrogen) atoms. The lowest BCUT2D eigenvalue weighted by Crippen LogP contribution is -2.48. The molecule has 8 nitrogen and oxygen atoms in total. The van der Waals surface area contributed by atoms with Crippen LogP contribution >= 0.6 is 11.6 Å². The number of rotatable bonds is 11. The lowest BCUT2D eigenvalue weighted by Gasteiger charge is -2.22. The third-order valence-corrected chi connectivity index (χ3v) is 4.47. The zero-order valence-electron chi connectivity index (χ0n) is 17.3. The number of hydrazine groups is 1. The number of carbonyl (C=O) groups is 3. The number of benzene rings is 2. The summed E-state index contributed by atoms with van der Waals surface area (Å²) < 4.78 is 5.47. The lowest BCUT2D eigenvalue weighted by molar-refractivity contribution is -0.139. The van der Waals surface area contributed by atoms with Gasteiger partial charge in [-0.15, -0.1) is 0 Å². The van der Waals surface area contributed by atoms with Crippen LogP contribution in [0.4, 0.5) is 5.69 Å². The highest BCUT2D eigenvalue weighted by atomic mass is 35.5. The Morgan fingerprint density at radius 2 is 1.87 bits per heavy atom. The van der Waals surface area contributed by atoms with E-state index >= 15 is 0 Å². The molecular formula is C22H26ClN3O5. The third kappa shape index (κ3) is 8.96. The number of hydrogen-bond acceptors (Lipinski definition) is 5. The highest BCUT2D eigenvalue weighted by Crippen LogP contribution is 2.16. The molecule has 0 bridgehead atoms. The molecule has 2 rings (SSSR count). The van der Waals surface area contributed by atoms with Gasteiger partial charge in [0, 0.05) is 23.7 Å². The van der Waals surface area contributed by atoms with Crippen LogP contribution in [-0.2, 0) is 20.8 Å². The van der Waals surface area contributed by atoms with E-state index in [1.807, 2.05) is 0 Å². The van der Waals surface area contributed by atoms with Gasteiger partial charge >= 0.3 is 5.97 Å². The van der Waals surface area contributed by atoms with Crippen molar-refractivity contribution in [3.05, 3.63) is 59.1 Å². The third-order valence-electron chi connectivity index (χ3n) is 4.23. The summed E-state index contributed by atoms with van der Waals surface area (Å²) in [5, 5.41) is 13.4. The molecule has 0 atom stereocenters. The zero-order valence-corrected chi connectivity index (χ0v) is 18.0. The lowest BCUT2D eigenvalue weighted by atomic mass is 10.1. The van der Waals surface area contributed by atoms with Gasteiger partial charge in [0.15, 0.2) is 0 Å². The monoisotopic (exact) mass is 447 g/mol. The molecule has 0 aromatic heterocycles. The van der Waals surface area contributed by atoms with E-state index in [0.717, 1.165) is 5.56 Å². The van der Waals surface area contributed by atoms with Crippen molar-refractivity contribution in [1.82, 2.24) is 10.4 Å². The Kier molecular flexibility index (Phi) is 9.64. The highest BCUT2D eigenvalue weighted by molar-refractivity contribution is 6.30.